The zero-order chi connectivity index (χ0) is 6.41. The molecule has 0 saturated heterocycles. The second kappa shape index (κ2) is 5.17. The minimum atomic E-state index is 0.750. The molecule has 0 radical (unpaired) electrons. The van der Waals surface area contributed by atoms with Crippen molar-refractivity contribution < 1.29 is 0 Å². The standard InChI is InChI=1S/C6H16BN/c1-4-5-6(7-2)8-3/h6-8H,4-5H2,1-3H3. The Hall–Kier alpha value is 0.0249. The molecule has 0 saturated carbocycles. The van der Waals surface area contributed by atoms with Gasteiger partial charge < -0.3 is 5.32 Å². The van der Waals surface area contributed by atoms with Crippen LogP contribution in [-0.4, -0.2) is 20.3 Å². The molecule has 8 heavy (non-hydrogen) atoms. The predicted molar refractivity (Wildman–Crippen MR) is 40.8 cm³/mol. The summed E-state index contributed by atoms with van der Waals surface area (Å²) < 4.78 is 0. The Morgan fingerprint density at radius 2 is 2.25 bits per heavy atom. The fourth-order valence-electron chi connectivity index (χ4n) is 0.901. The van der Waals surface area contributed by atoms with Gasteiger partial charge in [-0.25, -0.2) is 0 Å². The molecule has 0 aromatic heterocycles. The Labute approximate surface area is 53.1 Å². The summed E-state index contributed by atoms with van der Waals surface area (Å²) in [5.41, 5.74) is 0. The highest BCUT2D eigenvalue weighted by Crippen LogP contribution is 1.92. The summed E-state index contributed by atoms with van der Waals surface area (Å²) in [6, 6.07) is 0. The summed E-state index contributed by atoms with van der Waals surface area (Å²) >= 11 is 0. The molecule has 1 unspecified atom stereocenters. The molecule has 1 atom stereocenters. The van der Waals surface area contributed by atoms with Crippen LogP contribution in [0.4, 0.5) is 0 Å². The van der Waals surface area contributed by atoms with E-state index in [0.29, 0.717) is 0 Å². The summed E-state index contributed by atoms with van der Waals surface area (Å²) in [6.45, 7) is 4.44. The first kappa shape index (κ1) is 8.02. The third-order valence-corrected chi connectivity index (χ3v) is 1.54. The Kier molecular flexibility index (Phi) is 5.18. The van der Waals surface area contributed by atoms with Gasteiger partial charge in [-0.05, 0) is 19.4 Å². The fraction of sp³-hybridized carbons (Fsp3) is 1.00. The number of rotatable bonds is 4. The highest BCUT2D eigenvalue weighted by molar-refractivity contribution is 6.35. The van der Waals surface area contributed by atoms with Crippen LogP contribution in [0.5, 0.6) is 0 Å². The fourth-order valence-corrected chi connectivity index (χ4v) is 0.901. The van der Waals surface area contributed by atoms with Crippen LogP contribution >= 0.6 is 0 Å². The molecule has 0 rings (SSSR count). The first-order valence-electron chi connectivity index (χ1n) is 3.52. The molecule has 0 aliphatic heterocycles. The quantitative estimate of drug-likeness (QED) is 0.532. The molecule has 48 valence electrons. The van der Waals surface area contributed by atoms with E-state index in [9.17, 15) is 0 Å². The van der Waals surface area contributed by atoms with E-state index >= 15 is 0 Å². The lowest BCUT2D eigenvalue weighted by Gasteiger charge is -2.09. The van der Waals surface area contributed by atoms with E-state index in [4.69, 9.17) is 0 Å². The SMILES string of the molecule is CBC(CCC)NC. The molecule has 1 nitrogen and oxygen atoms in total. The summed E-state index contributed by atoms with van der Waals surface area (Å²) in [5.74, 6) is 0.750. The van der Waals surface area contributed by atoms with Crippen LogP contribution in [-0.2, 0) is 0 Å². The maximum Gasteiger partial charge on any atom is 0.138 e. The maximum absolute atomic E-state index is 3.25. The third-order valence-electron chi connectivity index (χ3n) is 1.54. The summed E-state index contributed by atoms with van der Waals surface area (Å²) in [4.78, 5) is 0. The van der Waals surface area contributed by atoms with Crippen LogP contribution in [0.2, 0.25) is 6.82 Å². The first-order valence-corrected chi connectivity index (χ1v) is 3.52. The lowest BCUT2D eigenvalue weighted by atomic mass is 9.71. The van der Waals surface area contributed by atoms with E-state index in [1.807, 2.05) is 7.05 Å². The van der Waals surface area contributed by atoms with Crippen LogP contribution in [0.15, 0.2) is 0 Å². The Morgan fingerprint density at radius 1 is 1.62 bits per heavy atom. The van der Waals surface area contributed by atoms with Crippen LogP contribution in [0.25, 0.3) is 0 Å². The van der Waals surface area contributed by atoms with Gasteiger partial charge in [0.15, 0.2) is 0 Å². The summed E-state index contributed by atoms with van der Waals surface area (Å²) in [6.07, 6.45) is 2.60. The van der Waals surface area contributed by atoms with Crippen molar-refractivity contribution in [1.82, 2.24) is 5.32 Å². The van der Waals surface area contributed by atoms with Crippen molar-refractivity contribution in [3.8, 4) is 0 Å². The average Bonchev–Trinajstić information content (AvgIpc) is 1.83. The predicted octanol–water partition coefficient (Wildman–Crippen LogP) is 0.817. The minimum Gasteiger partial charge on any atom is -0.324 e. The largest absolute Gasteiger partial charge is 0.324 e. The van der Waals surface area contributed by atoms with E-state index in [1.165, 1.54) is 20.1 Å². The van der Waals surface area contributed by atoms with Gasteiger partial charge in [0.25, 0.3) is 0 Å². The maximum atomic E-state index is 3.25. The lowest BCUT2D eigenvalue weighted by Crippen LogP contribution is -2.29. The Morgan fingerprint density at radius 3 is 2.38 bits per heavy atom. The molecular formula is C6H16BN. The highest BCUT2D eigenvalue weighted by Gasteiger charge is 1.99. The van der Waals surface area contributed by atoms with Crippen LogP contribution < -0.4 is 5.32 Å². The van der Waals surface area contributed by atoms with Gasteiger partial charge in [-0.2, -0.15) is 0 Å². The van der Waals surface area contributed by atoms with E-state index in [-0.39, 0.29) is 0 Å². The van der Waals surface area contributed by atoms with Gasteiger partial charge in [-0.3, -0.25) is 0 Å². The van der Waals surface area contributed by atoms with Crippen LogP contribution in [0.1, 0.15) is 19.8 Å². The molecule has 0 heterocycles. The van der Waals surface area contributed by atoms with Gasteiger partial charge in [0, 0.05) is 0 Å². The molecule has 0 fully saturated rings. The number of hydrogen-bond acceptors (Lipinski definition) is 1. The number of nitrogens with one attached hydrogen (secondary N) is 1. The molecule has 2 heteroatoms. The average molecular weight is 113 g/mol. The van der Waals surface area contributed by atoms with Crippen molar-refractivity contribution >= 4 is 7.28 Å². The highest BCUT2D eigenvalue weighted by atomic mass is 14.8. The second-order valence-electron chi connectivity index (χ2n) is 2.18. The molecule has 0 aliphatic carbocycles. The van der Waals surface area contributed by atoms with Gasteiger partial charge in [-0.15, -0.1) is 0 Å². The summed E-state index contributed by atoms with van der Waals surface area (Å²) in [5, 5.41) is 3.25. The Bertz CT molecular complexity index is 43.8. The van der Waals surface area contributed by atoms with Crippen LogP contribution in [0.3, 0.4) is 0 Å². The van der Waals surface area contributed by atoms with Gasteiger partial charge in [0.1, 0.15) is 7.28 Å². The molecule has 0 aliphatic rings. The van der Waals surface area contributed by atoms with Gasteiger partial charge >= 0.3 is 0 Å². The third kappa shape index (κ3) is 3.08. The Balaban J connectivity index is 3.07. The number of hydrogen-bond donors (Lipinski definition) is 1. The topological polar surface area (TPSA) is 12.0 Å². The van der Waals surface area contributed by atoms with Crippen molar-refractivity contribution in [3.05, 3.63) is 0 Å². The van der Waals surface area contributed by atoms with Crippen molar-refractivity contribution in [2.45, 2.75) is 32.5 Å². The summed E-state index contributed by atoms with van der Waals surface area (Å²) in [7, 11) is 3.29. The second-order valence-corrected chi connectivity index (χ2v) is 2.18. The first-order chi connectivity index (χ1) is 3.85. The van der Waals surface area contributed by atoms with Crippen molar-refractivity contribution in [3.63, 3.8) is 0 Å². The molecule has 1 N–H and O–H groups in total. The van der Waals surface area contributed by atoms with Crippen molar-refractivity contribution in [1.29, 1.82) is 0 Å². The van der Waals surface area contributed by atoms with Gasteiger partial charge in [0.05, 0.1) is 0 Å². The molecule has 0 aromatic rings. The molecule has 0 amide bonds. The monoisotopic (exact) mass is 113 g/mol. The zero-order valence-electron chi connectivity index (χ0n) is 6.20. The lowest BCUT2D eigenvalue weighted by molar-refractivity contribution is 0.649. The zero-order valence-corrected chi connectivity index (χ0v) is 6.20. The molecule has 0 aromatic carbocycles. The van der Waals surface area contributed by atoms with Gasteiger partial charge in [-0.1, -0.05) is 20.2 Å². The molecule has 0 bridgehead atoms. The minimum absolute atomic E-state index is 0.750. The van der Waals surface area contributed by atoms with Crippen LogP contribution in [0, 0.1) is 0 Å². The molecule has 0 spiro atoms. The van der Waals surface area contributed by atoms with E-state index in [0.717, 1.165) is 5.94 Å². The van der Waals surface area contributed by atoms with E-state index < -0.39 is 0 Å². The van der Waals surface area contributed by atoms with E-state index in [2.05, 4.69) is 19.1 Å². The molecular weight excluding hydrogens is 96.9 g/mol. The van der Waals surface area contributed by atoms with Crippen molar-refractivity contribution in [2.24, 2.45) is 0 Å². The van der Waals surface area contributed by atoms with Gasteiger partial charge in [0.2, 0.25) is 0 Å². The smallest absolute Gasteiger partial charge is 0.138 e. The van der Waals surface area contributed by atoms with Crippen molar-refractivity contribution in [2.75, 3.05) is 7.05 Å². The normalized spacial score (nSPS) is 13.4. The van der Waals surface area contributed by atoms with E-state index in [1.54, 1.807) is 0 Å².